The number of halogens is 2. The molecule has 0 radical (unpaired) electrons. The van der Waals surface area contributed by atoms with Crippen LogP contribution in [0.2, 0.25) is 0 Å². The molecular weight excluding hydrogens is 610 g/mol. The van der Waals surface area contributed by atoms with Crippen LogP contribution in [0.25, 0.3) is 0 Å². The maximum atomic E-state index is 15.9. The van der Waals surface area contributed by atoms with Gasteiger partial charge in [-0.25, -0.2) is 9.59 Å². The van der Waals surface area contributed by atoms with E-state index in [1.54, 1.807) is 0 Å². The minimum Gasteiger partial charge on any atom is -0.504 e. The Balaban J connectivity index is 1.87. The topological polar surface area (TPSA) is 195 Å². The fraction of sp³-hybridized carbons (Fsp3) is 0.129. The number of aromatic nitrogens is 1. The predicted octanol–water partition coefficient (Wildman–Crippen LogP) is 5.30. The van der Waals surface area contributed by atoms with Crippen LogP contribution in [0.4, 0.5) is 8.78 Å². The minimum atomic E-state index is -1.56. The Morgan fingerprint density at radius 3 is 2.15 bits per heavy atom. The summed E-state index contributed by atoms with van der Waals surface area (Å²) in [5.41, 5.74) is 5.01. The Kier molecular flexibility index (Phi) is 9.65. The summed E-state index contributed by atoms with van der Waals surface area (Å²) in [7, 11) is 3.04. The van der Waals surface area contributed by atoms with E-state index in [1.165, 1.54) is 56.3 Å². The first-order valence-electron chi connectivity index (χ1n) is 13.3. The molecule has 4 aromatic rings. The van der Waals surface area contributed by atoms with E-state index in [1.807, 2.05) is 0 Å². The minimum absolute atomic E-state index is 0.0413. The first-order valence-corrected chi connectivity index (χ1v) is 13.3. The molecule has 0 bridgehead atoms. The summed E-state index contributed by atoms with van der Waals surface area (Å²) in [5.74, 6) is -10.9. The molecule has 1 aromatic heterocycles. The number of hydrogen-bond donors (Lipinski definition) is 4. The number of carbonyl (C=O) groups is 3. The molecule has 0 spiro atoms. The van der Waals surface area contributed by atoms with Gasteiger partial charge in [-0.3, -0.25) is 10.2 Å². The van der Waals surface area contributed by atoms with Crippen molar-refractivity contribution < 1.29 is 52.3 Å². The molecule has 238 valence electrons. The SMILES string of the molecule is CCOC(=O)c1cc(Oc2c(F)c(Oc3cccc(C(=O)N(C)C)c3)nc(Oc3cc(C(=N)N)ccc3O)c2F)cc(C(=O)O)c1. The molecule has 1 amide bonds. The molecule has 0 aliphatic heterocycles. The van der Waals surface area contributed by atoms with Gasteiger partial charge < -0.3 is 39.8 Å². The number of carboxylic acids is 1. The molecule has 0 fully saturated rings. The number of carboxylic acid groups (broad SMARTS) is 1. The van der Waals surface area contributed by atoms with Crippen molar-refractivity contribution in [2.45, 2.75) is 6.92 Å². The molecule has 15 heteroatoms. The highest BCUT2D eigenvalue weighted by Gasteiger charge is 2.28. The zero-order valence-corrected chi connectivity index (χ0v) is 24.5. The van der Waals surface area contributed by atoms with Crippen LogP contribution in [0.15, 0.2) is 60.7 Å². The van der Waals surface area contributed by atoms with Gasteiger partial charge in [0.2, 0.25) is 17.4 Å². The lowest BCUT2D eigenvalue weighted by atomic mass is 10.1. The van der Waals surface area contributed by atoms with E-state index in [0.29, 0.717) is 0 Å². The Morgan fingerprint density at radius 1 is 0.870 bits per heavy atom. The third-order valence-corrected chi connectivity index (χ3v) is 6.04. The lowest BCUT2D eigenvalue weighted by Crippen LogP contribution is -2.21. The van der Waals surface area contributed by atoms with Crippen molar-refractivity contribution in [3.63, 3.8) is 0 Å². The second kappa shape index (κ2) is 13.6. The number of pyridine rings is 1. The second-order valence-corrected chi connectivity index (χ2v) is 9.58. The van der Waals surface area contributed by atoms with Crippen molar-refractivity contribution in [2.75, 3.05) is 20.7 Å². The van der Waals surface area contributed by atoms with Crippen molar-refractivity contribution in [1.29, 1.82) is 5.41 Å². The van der Waals surface area contributed by atoms with E-state index < -0.39 is 75.6 Å². The molecule has 1 heterocycles. The van der Waals surface area contributed by atoms with Gasteiger partial charge in [0.05, 0.1) is 17.7 Å². The zero-order valence-electron chi connectivity index (χ0n) is 24.5. The Labute approximate surface area is 259 Å². The maximum absolute atomic E-state index is 15.9. The number of esters is 1. The van der Waals surface area contributed by atoms with Gasteiger partial charge >= 0.3 is 11.9 Å². The number of nitrogen functional groups attached to an aromatic ring is 1. The van der Waals surface area contributed by atoms with E-state index in [-0.39, 0.29) is 29.0 Å². The van der Waals surface area contributed by atoms with E-state index in [2.05, 4.69) is 4.98 Å². The fourth-order valence-corrected chi connectivity index (χ4v) is 3.87. The number of benzene rings is 3. The van der Waals surface area contributed by atoms with Crippen LogP contribution in [0.3, 0.4) is 0 Å². The molecule has 0 unspecified atom stereocenters. The van der Waals surface area contributed by atoms with Gasteiger partial charge in [-0.05, 0) is 61.5 Å². The number of phenolic OH excluding ortho intramolecular Hbond substituents is 1. The molecule has 0 atom stereocenters. The third kappa shape index (κ3) is 7.27. The Bertz CT molecular complexity index is 1860. The monoisotopic (exact) mass is 636 g/mol. The highest BCUT2D eigenvalue weighted by atomic mass is 19.1. The highest BCUT2D eigenvalue weighted by molar-refractivity contribution is 5.96. The summed E-state index contributed by atoms with van der Waals surface area (Å²) < 4.78 is 53.2. The van der Waals surface area contributed by atoms with E-state index in [0.717, 1.165) is 30.3 Å². The number of nitrogens with zero attached hydrogens (tertiary/aromatic N) is 2. The normalized spacial score (nSPS) is 10.5. The maximum Gasteiger partial charge on any atom is 0.338 e. The Hall–Kier alpha value is -6.25. The second-order valence-electron chi connectivity index (χ2n) is 9.58. The molecule has 4 rings (SSSR count). The van der Waals surface area contributed by atoms with Gasteiger partial charge in [0, 0.05) is 25.2 Å². The van der Waals surface area contributed by atoms with E-state index >= 15 is 8.78 Å². The molecular formula is C31H26F2N4O9. The third-order valence-electron chi connectivity index (χ3n) is 6.04. The summed E-state index contributed by atoms with van der Waals surface area (Å²) in [6.45, 7) is 1.48. The van der Waals surface area contributed by atoms with Crippen molar-refractivity contribution >= 4 is 23.7 Å². The number of rotatable bonds is 11. The highest BCUT2D eigenvalue weighted by Crippen LogP contribution is 2.41. The first-order chi connectivity index (χ1) is 21.8. The van der Waals surface area contributed by atoms with Crippen molar-refractivity contribution in [1.82, 2.24) is 9.88 Å². The predicted molar refractivity (Wildman–Crippen MR) is 157 cm³/mol. The largest absolute Gasteiger partial charge is 0.504 e. The summed E-state index contributed by atoms with van der Waals surface area (Å²) in [6.07, 6.45) is 0. The number of ether oxygens (including phenoxy) is 4. The van der Waals surface area contributed by atoms with Crippen LogP contribution in [0.1, 0.15) is 43.6 Å². The van der Waals surface area contributed by atoms with Crippen molar-refractivity contribution in [3.8, 4) is 40.5 Å². The number of nitrogens with two attached hydrogens (primary N) is 1. The van der Waals surface area contributed by atoms with Crippen molar-refractivity contribution in [2.24, 2.45) is 5.73 Å². The van der Waals surface area contributed by atoms with E-state index in [4.69, 9.17) is 30.1 Å². The average Bonchev–Trinajstić information content (AvgIpc) is 3.02. The number of aromatic hydroxyl groups is 1. The number of phenols is 1. The average molecular weight is 637 g/mol. The van der Waals surface area contributed by atoms with Crippen LogP contribution < -0.4 is 19.9 Å². The number of aromatic carboxylic acids is 1. The number of amides is 1. The summed E-state index contributed by atoms with van der Waals surface area (Å²) in [4.78, 5) is 41.6. The van der Waals surface area contributed by atoms with E-state index in [9.17, 15) is 24.6 Å². The lowest BCUT2D eigenvalue weighted by Gasteiger charge is -2.16. The lowest BCUT2D eigenvalue weighted by molar-refractivity contribution is 0.0525. The van der Waals surface area contributed by atoms with Gasteiger partial charge in [0.25, 0.3) is 17.7 Å². The van der Waals surface area contributed by atoms with Crippen LogP contribution in [0, 0.1) is 17.0 Å². The first kappa shape index (κ1) is 32.7. The Morgan fingerprint density at radius 2 is 1.52 bits per heavy atom. The van der Waals surface area contributed by atoms with Gasteiger partial charge in [-0.2, -0.15) is 13.8 Å². The number of amidine groups is 1. The number of carbonyl (C=O) groups excluding carboxylic acids is 2. The number of nitrogens with one attached hydrogen (secondary N) is 1. The van der Waals surface area contributed by atoms with Crippen LogP contribution in [-0.2, 0) is 4.74 Å². The molecule has 0 saturated heterocycles. The van der Waals surface area contributed by atoms with Gasteiger partial charge in [-0.1, -0.05) is 6.07 Å². The van der Waals surface area contributed by atoms with Crippen LogP contribution >= 0.6 is 0 Å². The molecule has 0 aliphatic rings. The zero-order chi connectivity index (χ0) is 33.7. The number of hydrogen-bond acceptors (Lipinski definition) is 10. The van der Waals surface area contributed by atoms with Gasteiger partial charge in [-0.15, -0.1) is 0 Å². The van der Waals surface area contributed by atoms with Crippen LogP contribution in [-0.4, -0.2) is 64.5 Å². The fourth-order valence-electron chi connectivity index (χ4n) is 3.87. The van der Waals surface area contributed by atoms with Crippen molar-refractivity contribution in [3.05, 3.63) is 94.6 Å². The van der Waals surface area contributed by atoms with Gasteiger partial charge in [0.1, 0.15) is 17.3 Å². The molecule has 3 aromatic carbocycles. The molecule has 46 heavy (non-hydrogen) atoms. The smallest absolute Gasteiger partial charge is 0.338 e. The quantitative estimate of drug-likeness (QED) is 0.0947. The molecule has 5 N–H and O–H groups in total. The summed E-state index contributed by atoms with van der Waals surface area (Å²) in [5, 5.41) is 27.5. The molecule has 0 aliphatic carbocycles. The molecule has 13 nitrogen and oxygen atoms in total. The summed E-state index contributed by atoms with van der Waals surface area (Å²) in [6, 6.07) is 12.0. The molecule has 0 saturated carbocycles. The van der Waals surface area contributed by atoms with Gasteiger partial charge in [0.15, 0.2) is 11.5 Å². The standard InChI is InChI=1S/C31H26F2N4O9/c1-4-43-31(42)18-10-17(30(40)41)12-20(13-18)44-25-23(32)27(45-19-7-5-6-16(11-19)29(39)37(2)3)36-28(24(25)33)46-22-14-15(26(34)35)8-9-21(22)38/h5-14,38H,4H2,1-3H3,(H3,34,35)(H,40,41). The summed E-state index contributed by atoms with van der Waals surface area (Å²) >= 11 is 0. The van der Waals surface area contributed by atoms with Crippen LogP contribution in [0.5, 0.6) is 40.5 Å².